The quantitative estimate of drug-likeness (QED) is 0.528. The van der Waals surface area contributed by atoms with Crippen molar-refractivity contribution in [1.29, 1.82) is 0 Å². The number of hydrogen-bond acceptors (Lipinski definition) is 4. The predicted octanol–water partition coefficient (Wildman–Crippen LogP) is 3.89. The molecule has 1 aliphatic rings. The molecule has 4 rings (SSSR count). The van der Waals surface area contributed by atoms with E-state index in [0.29, 0.717) is 6.07 Å². The first-order valence-electron chi connectivity index (χ1n) is 11.4. The van der Waals surface area contributed by atoms with E-state index in [1.807, 2.05) is 55.4 Å². The molecule has 0 spiro atoms. The number of hydrogen-bond donors (Lipinski definition) is 2. The molecule has 0 fully saturated rings. The van der Waals surface area contributed by atoms with E-state index in [0.717, 1.165) is 42.9 Å². The molecular weight excluding hydrogens is 450 g/mol. The summed E-state index contributed by atoms with van der Waals surface area (Å²) >= 11 is 0. The van der Waals surface area contributed by atoms with Gasteiger partial charge in [-0.15, -0.1) is 0 Å². The van der Waals surface area contributed by atoms with Crippen molar-refractivity contribution >= 4 is 23.2 Å². The maximum absolute atomic E-state index is 13.9. The van der Waals surface area contributed by atoms with Crippen LogP contribution in [-0.2, 0) is 22.6 Å². The van der Waals surface area contributed by atoms with Crippen LogP contribution < -0.4 is 15.5 Å². The summed E-state index contributed by atoms with van der Waals surface area (Å²) < 4.78 is 27.0. The van der Waals surface area contributed by atoms with Crippen LogP contribution in [0.15, 0.2) is 66.7 Å². The second-order valence-electron chi connectivity index (χ2n) is 8.78. The fourth-order valence-corrected chi connectivity index (χ4v) is 4.28. The minimum absolute atomic E-state index is 0.168. The number of carbonyl (C=O) groups is 2. The molecule has 35 heavy (non-hydrogen) atoms. The zero-order chi connectivity index (χ0) is 24.9. The lowest BCUT2D eigenvalue weighted by molar-refractivity contribution is -0.136. The van der Waals surface area contributed by atoms with Crippen molar-refractivity contribution in [3.8, 4) is 0 Å². The van der Waals surface area contributed by atoms with Gasteiger partial charge in [-0.1, -0.05) is 36.4 Å². The van der Waals surface area contributed by atoms with Gasteiger partial charge in [-0.25, -0.2) is 8.78 Å². The Morgan fingerprint density at radius 3 is 2.37 bits per heavy atom. The molecule has 0 radical (unpaired) electrons. The summed E-state index contributed by atoms with van der Waals surface area (Å²) in [6, 6.07) is 19.0. The van der Waals surface area contributed by atoms with E-state index < -0.39 is 23.4 Å². The van der Waals surface area contributed by atoms with Crippen molar-refractivity contribution < 1.29 is 18.4 Å². The van der Waals surface area contributed by atoms with Crippen LogP contribution in [0.3, 0.4) is 0 Å². The molecule has 0 aromatic heterocycles. The van der Waals surface area contributed by atoms with Crippen molar-refractivity contribution in [3.63, 3.8) is 0 Å². The Balaban J connectivity index is 1.49. The zero-order valence-electron chi connectivity index (χ0n) is 19.7. The Morgan fingerprint density at radius 2 is 1.69 bits per heavy atom. The van der Waals surface area contributed by atoms with Crippen LogP contribution in [-0.4, -0.2) is 43.9 Å². The molecule has 0 unspecified atom stereocenters. The molecule has 3 aromatic carbocycles. The normalized spacial score (nSPS) is 14.1. The number of halogens is 2. The summed E-state index contributed by atoms with van der Waals surface area (Å²) in [4.78, 5) is 29.2. The number of benzene rings is 3. The van der Waals surface area contributed by atoms with Gasteiger partial charge in [0.1, 0.15) is 11.6 Å². The molecule has 1 heterocycles. The zero-order valence-corrected chi connectivity index (χ0v) is 19.7. The minimum atomic E-state index is -1.01. The van der Waals surface area contributed by atoms with Crippen molar-refractivity contribution in [2.24, 2.45) is 0 Å². The standard InChI is InChI=1S/C27H28F2N4O2/c1-32(2)22-10-7-19(8-11-22)25(33-14-13-18-5-3-4-6-20(18)17-33)16-30-26(34)27(35)31-24-12-9-21(28)15-23(24)29/h3-12,15,25H,13-14,16-17H2,1-2H3,(H,30,34)(H,31,35)/t25-/m0/s1. The third-order valence-corrected chi connectivity index (χ3v) is 6.24. The van der Waals surface area contributed by atoms with E-state index >= 15 is 0 Å². The van der Waals surface area contributed by atoms with Crippen molar-refractivity contribution in [2.75, 3.05) is 37.4 Å². The average Bonchev–Trinajstić information content (AvgIpc) is 2.85. The maximum Gasteiger partial charge on any atom is 0.313 e. The van der Waals surface area contributed by atoms with Gasteiger partial charge in [-0.3, -0.25) is 14.5 Å². The van der Waals surface area contributed by atoms with Gasteiger partial charge in [0.15, 0.2) is 0 Å². The van der Waals surface area contributed by atoms with Crippen LogP contribution in [0, 0.1) is 11.6 Å². The van der Waals surface area contributed by atoms with Gasteiger partial charge in [0.2, 0.25) is 0 Å². The Labute approximate surface area is 203 Å². The van der Waals surface area contributed by atoms with Crippen LogP contribution in [0.1, 0.15) is 22.7 Å². The Hall–Kier alpha value is -3.78. The third-order valence-electron chi connectivity index (χ3n) is 6.24. The summed E-state index contributed by atoms with van der Waals surface area (Å²) in [6.45, 7) is 1.72. The molecule has 0 saturated heterocycles. The summed E-state index contributed by atoms with van der Waals surface area (Å²) in [5.74, 6) is -3.62. The third kappa shape index (κ3) is 5.84. The highest BCUT2D eigenvalue weighted by molar-refractivity contribution is 6.39. The van der Waals surface area contributed by atoms with Crippen LogP contribution in [0.4, 0.5) is 20.2 Å². The summed E-state index contributed by atoms with van der Waals surface area (Å²) in [5.41, 5.74) is 4.37. The number of nitrogens with one attached hydrogen (secondary N) is 2. The second kappa shape index (κ2) is 10.7. The van der Waals surface area contributed by atoms with E-state index in [-0.39, 0.29) is 18.3 Å². The van der Waals surface area contributed by atoms with E-state index in [1.165, 1.54) is 11.1 Å². The molecule has 2 N–H and O–H groups in total. The largest absolute Gasteiger partial charge is 0.378 e. The number of amides is 2. The fraction of sp³-hybridized carbons (Fsp3) is 0.259. The molecule has 0 aliphatic carbocycles. The number of nitrogens with zero attached hydrogens (tertiary/aromatic N) is 2. The van der Waals surface area contributed by atoms with Crippen LogP contribution in [0.5, 0.6) is 0 Å². The molecule has 182 valence electrons. The van der Waals surface area contributed by atoms with Gasteiger partial charge in [0.25, 0.3) is 0 Å². The predicted molar refractivity (Wildman–Crippen MR) is 132 cm³/mol. The SMILES string of the molecule is CN(C)c1ccc([C@H](CNC(=O)C(=O)Nc2ccc(F)cc2F)N2CCc3ccccc3C2)cc1. The second-order valence-corrected chi connectivity index (χ2v) is 8.78. The Morgan fingerprint density at radius 1 is 0.971 bits per heavy atom. The molecule has 0 bridgehead atoms. The molecule has 3 aromatic rings. The monoisotopic (exact) mass is 478 g/mol. The topological polar surface area (TPSA) is 64.7 Å². The molecule has 0 saturated carbocycles. The summed E-state index contributed by atoms with van der Waals surface area (Å²) in [5, 5.41) is 4.89. The number of carbonyl (C=O) groups excluding carboxylic acids is 2. The van der Waals surface area contributed by atoms with Crippen LogP contribution in [0.25, 0.3) is 0 Å². The summed E-state index contributed by atoms with van der Waals surface area (Å²) in [7, 11) is 3.94. The van der Waals surface area contributed by atoms with Gasteiger partial charge in [0, 0.05) is 45.5 Å². The summed E-state index contributed by atoms with van der Waals surface area (Å²) in [6.07, 6.45) is 0.890. The highest BCUT2D eigenvalue weighted by atomic mass is 19.1. The van der Waals surface area contributed by atoms with Gasteiger partial charge in [-0.05, 0) is 47.4 Å². The first kappa shape index (κ1) is 24.3. The van der Waals surface area contributed by atoms with Gasteiger partial charge in [-0.2, -0.15) is 0 Å². The molecule has 6 nitrogen and oxygen atoms in total. The van der Waals surface area contributed by atoms with Crippen molar-refractivity contribution in [2.45, 2.75) is 19.0 Å². The Kier molecular flexibility index (Phi) is 7.41. The molecule has 1 atom stereocenters. The highest BCUT2D eigenvalue weighted by Crippen LogP contribution is 2.28. The maximum atomic E-state index is 13.9. The molecule has 8 heteroatoms. The highest BCUT2D eigenvalue weighted by Gasteiger charge is 2.26. The van der Waals surface area contributed by atoms with Crippen LogP contribution in [0.2, 0.25) is 0 Å². The lowest BCUT2D eigenvalue weighted by Gasteiger charge is -2.36. The van der Waals surface area contributed by atoms with E-state index in [4.69, 9.17) is 0 Å². The molecule has 2 amide bonds. The van der Waals surface area contributed by atoms with Crippen LogP contribution >= 0.6 is 0 Å². The van der Waals surface area contributed by atoms with Gasteiger partial charge in [0.05, 0.1) is 11.7 Å². The fourth-order valence-electron chi connectivity index (χ4n) is 4.28. The first-order valence-corrected chi connectivity index (χ1v) is 11.4. The lowest BCUT2D eigenvalue weighted by Crippen LogP contribution is -2.43. The smallest absolute Gasteiger partial charge is 0.313 e. The number of fused-ring (bicyclic) bond motifs is 1. The average molecular weight is 479 g/mol. The van der Waals surface area contributed by atoms with Gasteiger partial charge < -0.3 is 15.5 Å². The molecule has 1 aliphatic heterocycles. The Bertz CT molecular complexity index is 1210. The van der Waals surface area contributed by atoms with Crippen molar-refractivity contribution in [3.05, 3.63) is 95.1 Å². The van der Waals surface area contributed by atoms with E-state index in [9.17, 15) is 18.4 Å². The lowest BCUT2D eigenvalue weighted by atomic mass is 9.96. The van der Waals surface area contributed by atoms with E-state index in [1.54, 1.807) is 0 Å². The van der Waals surface area contributed by atoms with E-state index in [2.05, 4.69) is 27.7 Å². The molecular formula is C27H28F2N4O2. The number of anilines is 2. The number of rotatable bonds is 6. The van der Waals surface area contributed by atoms with Gasteiger partial charge >= 0.3 is 11.8 Å². The minimum Gasteiger partial charge on any atom is -0.378 e. The first-order chi connectivity index (χ1) is 16.8. The van der Waals surface area contributed by atoms with Crippen molar-refractivity contribution in [1.82, 2.24) is 10.2 Å².